The number of ether oxygens (including phenoxy) is 6. The minimum Gasteiger partial charge on any atom is -0.497 e. The van der Waals surface area contributed by atoms with Crippen molar-refractivity contribution < 1.29 is 33.2 Å². The Morgan fingerprint density at radius 2 is 1.62 bits per heavy atom. The zero-order valence-electron chi connectivity index (χ0n) is 28.3. The number of nitrogens with one attached hydrogen (secondary N) is 2. The van der Waals surface area contributed by atoms with Crippen molar-refractivity contribution >= 4 is 11.8 Å². The Bertz CT molecular complexity index is 988. The van der Waals surface area contributed by atoms with E-state index in [2.05, 4.69) is 22.5 Å². The number of nitrogens with zero attached hydrogens (tertiary/aromatic N) is 1. The summed E-state index contributed by atoms with van der Waals surface area (Å²) in [6, 6.07) is 7.11. The maximum atomic E-state index is 13.1. The van der Waals surface area contributed by atoms with Gasteiger partial charge in [-0.3, -0.25) is 5.32 Å². The van der Waals surface area contributed by atoms with Crippen LogP contribution in [-0.2, 0) is 23.7 Å². The molecule has 45 heavy (non-hydrogen) atoms. The Balaban J connectivity index is 1.30. The van der Waals surface area contributed by atoms with Crippen LogP contribution in [-0.4, -0.2) is 93.9 Å². The van der Waals surface area contributed by atoms with Gasteiger partial charge in [0.05, 0.1) is 7.11 Å². The first kappa shape index (κ1) is 35.9. The van der Waals surface area contributed by atoms with Crippen molar-refractivity contribution in [1.82, 2.24) is 10.2 Å². The summed E-state index contributed by atoms with van der Waals surface area (Å²) in [6.45, 7) is 11.4. The summed E-state index contributed by atoms with van der Waals surface area (Å²) in [5, 5.41) is 6.34. The minimum absolute atomic E-state index is 0.211. The van der Waals surface area contributed by atoms with E-state index in [0.29, 0.717) is 24.6 Å². The topological polar surface area (TPSA) is 99.8 Å². The van der Waals surface area contributed by atoms with Gasteiger partial charge in [-0.2, -0.15) is 0 Å². The summed E-state index contributed by atoms with van der Waals surface area (Å²) < 4.78 is 36.8. The van der Waals surface area contributed by atoms with Crippen molar-refractivity contribution in [3.05, 3.63) is 24.3 Å². The maximum absolute atomic E-state index is 13.1. The number of methoxy groups -OCH3 is 1. The highest BCUT2D eigenvalue weighted by Gasteiger charge is 2.66. The van der Waals surface area contributed by atoms with Gasteiger partial charge in [0.25, 0.3) is 0 Å². The van der Waals surface area contributed by atoms with Gasteiger partial charge in [0.1, 0.15) is 18.5 Å². The summed E-state index contributed by atoms with van der Waals surface area (Å²) in [6.07, 6.45) is 12.9. The molecule has 3 fully saturated rings. The second kappa shape index (κ2) is 18.4. The highest BCUT2D eigenvalue weighted by Crippen LogP contribution is 2.46. The Hall–Kier alpha value is -1.95. The monoisotopic (exact) mass is 633 g/mol. The molecule has 2 N–H and O–H groups in total. The lowest BCUT2D eigenvalue weighted by Crippen LogP contribution is -2.46. The van der Waals surface area contributed by atoms with Gasteiger partial charge in [0.15, 0.2) is 18.0 Å². The minimum atomic E-state index is -1.16. The molecule has 0 saturated carbocycles. The summed E-state index contributed by atoms with van der Waals surface area (Å²) >= 11 is 0. The van der Waals surface area contributed by atoms with Crippen molar-refractivity contribution in [3.63, 3.8) is 0 Å². The van der Waals surface area contributed by atoms with E-state index in [0.717, 1.165) is 39.0 Å². The number of unbranched alkanes of at least 4 members (excludes halogenated alkanes) is 9. The van der Waals surface area contributed by atoms with E-state index < -0.39 is 36.0 Å². The molecular formula is C35H59N3O7. The van der Waals surface area contributed by atoms with Crippen LogP contribution in [0, 0.1) is 0 Å². The van der Waals surface area contributed by atoms with E-state index in [4.69, 9.17) is 28.4 Å². The first-order valence-electron chi connectivity index (χ1n) is 17.5. The molecule has 1 aromatic carbocycles. The molecule has 0 aliphatic carbocycles. The highest BCUT2D eigenvalue weighted by molar-refractivity contribution is 5.84. The Morgan fingerprint density at radius 1 is 0.956 bits per heavy atom. The average Bonchev–Trinajstić information content (AvgIpc) is 3.70. The molecule has 0 unspecified atom stereocenters. The molecule has 3 heterocycles. The third kappa shape index (κ3) is 11.4. The first-order chi connectivity index (χ1) is 21.8. The van der Waals surface area contributed by atoms with Gasteiger partial charge < -0.3 is 38.6 Å². The number of fused-ring (bicyclic) bond motifs is 1. The van der Waals surface area contributed by atoms with E-state index in [1.54, 1.807) is 31.4 Å². The predicted molar refractivity (Wildman–Crippen MR) is 176 cm³/mol. The van der Waals surface area contributed by atoms with E-state index >= 15 is 0 Å². The standard InChI is InChI=1S/C35H59N3O7/c1-5-6-7-8-9-10-11-12-13-16-25-41-27-35-32(44-34(2,3)45-35)31(30(43-35)26-36-21-24-38-22-14-15-23-38)42-33(39)37-28-17-19-29(40-4)20-18-28/h17-20,30-32,36H,5-16,21-27H2,1-4H3,(H,37,39)/t30-,31+,32-,35-/m0/s1. The number of hydrogen-bond donors (Lipinski definition) is 2. The summed E-state index contributed by atoms with van der Waals surface area (Å²) in [5.41, 5.74) is 0.606. The van der Waals surface area contributed by atoms with Crippen molar-refractivity contribution in [3.8, 4) is 5.75 Å². The van der Waals surface area contributed by atoms with Crippen LogP contribution >= 0.6 is 0 Å². The van der Waals surface area contributed by atoms with Crippen molar-refractivity contribution in [1.29, 1.82) is 0 Å². The zero-order chi connectivity index (χ0) is 32.0. The van der Waals surface area contributed by atoms with Crippen LogP contribution in [0.4, 0.5) is 10.5 Å². The number of hydrogen-bond acceptors (Lipinski definition) is 9. The Morgan fingerprint density at radius 3 is 2.29 bits per heavy atom. The van der Waals surface area contributed by atoms with Gasteiger partial charge in [-0.1, -0.05) is 64.7 Å². The molecule has 4 rings (SSSR count). The molecule has 0 aromatic heterocycles. The summed E-state index contributed by atoms with van der Waals surface area (Å²) in [7, 11) is 1.61. The number of anilines is 1. The second-order valence-corrected chi connectivity index (χ2v) is 13.2. The molecule has 10 heteroatoms. The number of amides is 1. The smallest absolute Gasteiger partial charge is 0.412 e. The molecule has 4 atom stereocenters. The molecule has 1 amide bonds. The van der Waals surface area contributed by atoms with E-state index in [1.807, 2.05) is 13.8 Å². The largest absolute Gasteiger partial charge is 0.497 e. The summed E-state index contributed by atoms with van der Waals surface area (Å²) in [4.78, 5) is 15.6. The molecule has 0 spiro atoms. The molecule has 1 aromatic rings. The molecule has 3 aliphatic rings. The first-order valence-corrected chi connectivity index (χ1v) is 17.5. The molecule has 0 bridgehead atoms. The van der Waals surface area contributed by atoms with Crippen LogP contribution in [0.25, 0.3) is 0 Å². The molecule has 256 valence electrons. The second-order valence-electron chi connectivity index (χ2n) is 13.2. The van der Waals surface area contributed by atoms with Gasteiger partial charge in [-0.05, 0) is 70.5 Å². The number of carbonyl (C=O) groups excluding carboxylic acids is 1. The highest BCUT2D eigenvalue weighted by atomic mass is 16.9. The van der Waals surface area contributed by atoms with Crippen LogP contribution in [0.5, 0.6) is 5.75 Å². The molecule has 10 nitrogen and oxygen atoms in total. The van der Waals surface area contributed by atoms with Crippen LogP contribution in [0.3, 0.4) is 0 Å². The van der Waals surface area contributed by atoms with Gasteiger partial charge >= 0.3 is 6.09 Å². The fourth-order valence-electron chi connectivity index (χ4n) is 6.60. The lowest BCUT2D eigenvalue weighted by atomic mass is 10.1. The van der Waals surface area contributed by atoms with Crippen LogP contribution < -0.4 is 15.4 Å². The van der Waals surface area contributed by atoms with Crippen LogP contribution in [0.1, 0.15) is 97.8 Å². The lowest BCUT2D eigenvalue weighted by molar-refractivity contribution is -0.277. The van der Waals surface area contributed by atoms with Gasteiger partial charge in [-0.15, -0.1) is 0 Å². The average molecular weight is 634 g/mol. The number of rotatable bonds is 21. The number of likely N-dealkylation sites (tertiary alicyclic amines) is 1. The SMILES string of the molecule is CCCCCCCCCCCCOC[C@@]12O[C@@H](CNCCN3CCCC3)[C@@H](OC(=O)Nc3ccc(OC)cc3)[C@@H]1OC(C)(C)O2. The van der Waals surface area contributed by atoms with Crippen LogP contribution in [0.15, 0.2) is 24.3 Å². The Labute approximate surface area is 271 Å². The quantitative estimate of drug-likeness (QED) is 0.147. The summed E-state index contributed by atoms with van der Waals surface area (Å²) in [5.74, 6) is -1.36. The molecule has 3 saturated heterocycles. The van der Waals surface area contributed by atoms with Crippen molar-refractivity contribution in [2.45, 2.75) is 128 Å². The fourth-order valence-corrected chi connectivity index (χ4v) is 6.60. The van der Waals surface area contributed by atoms with E-state index in [1.165, 1.54) is 64.2 Å². The van der Waals surface area contributed by atoms with Gasteiger partial charge in [0, 0.05) is 31.9 Å². The number of benzene rings is 1. The Kier molecular flexibility index (Phi) is 14.7. The van der Waals surface area contributed by atoms with Crippen molar-refractivity contribution in [2.24, 2.45) is 0 Å². The number of carbonyl (C=O) groups is 1. The molecular weight excluding hydrogens is 574 g/mol. The molecule has 0 radical (unpaired) electrons. The lowest BCUT2D eigenvalue weighted by Gasteiger charge is -2.29. The maximum Gasteiger partial charge on any atom is 0.412 e. The molecule has 3 aliphatic heterocycles. The van der Waals surface area contributed by atoms with Crippen molar-refractivity contribution in [2.75, 3.05) is 58.4 Å². The van der Waals surface area contributed by atoms with Crippen LogP contribution in [0.2, 0.25) is 0 Å². The van der Waals surface area contributed by atoms with Gasteiger partial charge in [0.2, 0.25) is 5.79 Å². The fraction of sp³-hybridized carbons (Fsp3) is 0.800. The predicted octanol–water partition coefficient (Wildman–Crippen LogP) is 6.48. The zero-order valence-corrected chi connectivity index (χ0v) is 28.3. The van der Waals surface area contributed by atoms with E-state index in [-0.39, 0.29) is 6.61 Å². The van der Waals surface area contributed by atoms with E-state index in [9.17, 15) is 4.79 Å². The third-order valence-electron chi connectivity index (χ3n) is 8.95. The van der Waals surface area contributed by atoms with Gasteiger partial charge in [-0.25, -0.2) is 4.79 Å². The normalized spacial score (nSPS) is 25.8. The third-order valence-corrected chi connectivity index (χ3v) is 8.95.